The first-order chi connectivity index (χ1) is 6.75. The summed E-state index contributed by atoms with van der Waals surface area (Å²) in [5.41, 5.74) is -0.841. The molecule has 0 saturated heterocycles. The van der Waals surface area contributed by atoms with Gasteiger partial charge in [0.1, 0.15) is 0 Å². The lowest BCUT2D eigenvalue weighted by Crippen LogP contribution is -2.31. The fraction of sp³-hybridized carbons (Fsp3) is 0.818. The van der Waals surface area contributed by atoms with Crippen molar-refractivity contribution >= 4 is 5.97 Å². The molecule has 0 amide bonds. The number of carbonyl (C=O) groups excluding carboxylic acids is 1. The Morgan fingerprint density at radius 1 is 1.36 bits per heavy atom. The molecule has 0 heterocycles. The molecular weight excluding hydrogens is 178 g/mol. The van der Waals surface area contributed by atoms with E-state index >= 15 is 0 Å². The van der Waals surface area contributed by atoms with Gasteiger partial charge in [-0.25, -0.2) is 0 Å². The molecule has 1 saturated carbocycles. The molecule has 1 fully saturated rings. The molecule has 0 aromatic rings. The van der Waals surface area contributed by atoms with Crippen LogP contribution in [0.2, 0.25) is 0 Å². The Bertz CT molecular complexity index is 234. The Kier molecular flexibility index (Phi) is 3.94. The SMILES string of the molecule is CCOC(=O)C1(C#N)CCCCCC1. The maximum atomic E-state index is 11.7. The van der Waals surface area contributed by atoms with Gasteiger partial charge in [-0.05, 0) is 19.8 Å². The van der Waals surface area contributed by atoms with Gasteiger partial charge in [0, 0.05) is 0 Å². The third-order valence-corrected chi connectivity index (χ3v) is 2.84. The quantitative estimate of drug-likeness (QED) is 0.502. The Balaban J connectivity index is 2.73. The summed E-state index contributed by atoms with van der Waals surface area (Å²) in [7, 11) is 0. The first-order valence-corrected chi connectivity index (χ1v) is 5.33. The van der Waals surface area contributed by atoms with Crippen molar-refractivity contribution in [2.75, 3.05) is 6.61 Å². The van der Waals surface area contributed by atoms with Crippen LogP contribution in [0.25, 0.3) is 0 Å². The highest BCUT2D eigenvalue weighted by Gasteiger charge is 2.40. The number of nitrogens with zero attached hydrogens (tertiary/aromatic N) is 1. The van der Waals surface area contributed by atoms with Gasteiger partial charge in [0.15, 0.2) is 5.41 Å². The monoisotopic (exact) mass is 195 g/mol. The molecule has 1 rings (SSSR count). The number of carbonyl (C=O) groups is 1. The summed E-state index contributed by atoms with van der Waals surface area (Å²) >= 11 is 0. The second-order valence-electron chi connectivity index (χ2n) is 3.83. The Morgan fingerprint density at radius 2 is 1.93 bits per heavy atom. The van der Waals surface area contributed by atoms with E-state index in [9.17, 15) is 4.79 Å². The number of ether oxygens (including phenoxy) is 1. The van der Waals surface area contributed by atoms with Crippen LogP contribution in [-0.2, 0) is 9.53 Å². The average Bonchev–Trinajstić information content (AvgIpc) is 2.44. The van der Waals surface area contributed by atoms with E-state index in [1.54, 1.807) is 6.92 Å². The highest BCUT2D eigenvalue weighted by molar-refractivity contribution is 5.80. The van der Waals surface area contributed by atoms with Crippen molar-refractivity contribution in [2.24, 2.45) is 5.41 Å². The van der Waals surface area contributed by atoms with Crippen molar-refractivity contribution in [2.45, 2.75) is 45.4 Å². The van der Waals surface area contributed by atoms with Crippen LogP contribution >= 0.6 is 0 Å². The molecule has 0 aromatic carbocycles. The lowest BCUT2D eigenvalue weighted by Gasteiger charge is -2.21. The minimum Gasteiger partial charge on any atom is -0.465 e. The van der Waals surface area contributed by atoms with Crippen molar-refractivity contribution in [1.29, 1.82) is 5.26 Å². The van der Waals surface area contributed by atoms with Crippen LogP contribution in [-0.4, -0.2) is 12.6 Å². The van der Waals surface area contributed by atoms with Crippen LogP contribution < -0.4 is 0 Å². The maximum absolute atomic E-state index is 11.7. The van der Waals surface area contributed by atoms with Crippen LogP contribution in [0.3, 0.4) is 0 Å². The largest absolute Gasteiger partial charge is 0.465 e. The standard InChI is InChI=1S/C11H17NO2/c1-2-14-10(13)11(9-12)7-5-3-4-6-8-11/h2-8H2,1H3. The zero-order chi connectivity index (χ0) is 10.4. The van der Waals surface area contributed by atoms with Gasteiger partial charge >= 0.3 is 5.97 Å². The van der Waals surface area contributed by atoms with E-state index in [0.29, 0.717) is 19.4 Å². The van der Waals surface area contributed by atoms with Crippen LogP contribution in [0.1, 0.15) is 45.4 Å². The second kappa shape index (κ2) is 4.99. The van der Waals surface area contributed by atoms with Gasteiger partial charge in [-0.2, -0.15) is 5.26 Å². The van der Waals surface area contributed by atoms with E-state index in [0.717, 1.165) is 25.7 Å². The molecular formula is C11H17NO2. The molecule has 0 radical (unpaired) electrons. The molecule has 0 spiro atoms. The van der Waals surface area contributed by atoms with E-state index in [-0.39, 0.29) is 5.97 Å². The highest BCUT2D eigenvalue weighted by Crippen LogP contribution is 2.35. The smallest absolute Gasteiger partial charge is 0.326 e. The summed E-state index contributed by atoms with van der Waals surface area (Å²) in [4.78, 5) is 11.7. The average molecular weight is 195 g/mol. The normalized spacial score (nSPS) is 20.6. The third-order valence-electron chi connectivity index (χ3n) is 2.84. The molecule has 0 atom stereocenters. The summed E-state index contributed by atoms with van der Waals surface area (Å²) in [6.45, 7) is 2.14. The number of hydrogen-bond donors (Lipinski definition) is 0. The van der Waals surface area contributed by atoms with Crippen molar-refractivity contribution in [1.82, 2.24) is 0 Å². The maximum Gasteiger partial charge on any atom is 0.326 e. The number of rotatable bonds is 2. The second-order valence-corrected chi connectivity index (χ2v) is 3.83. The Hall–Kier alpha value is -1.04. The van der Waals surface area contributed by atoms with Crippen molar-refractivity contribution < 1.29 is 9.53 Å². The Labute approximate surface area is 85.1 Å². The zero-order valence-corrected chi connectivity index (χ0v) is 8.71. The summed E-state index contributed by atoms with van der Waals surface area (Å²) in [5, 5.41) is 9.11. The van der Waals surface area contributed by atoms with E-state index in [2.05, 4.69) is 6.07 Å². The fourth-order valence-corrected chi connectivity index (χ4v) is 1.96. The molecule has 0 aromatic heterocycles. The van der Waals surface area contributed by atoms with Gasteiger partial charge in [0.05, 0.1) is 12.7 Å². The van der Waals surface area contributed by atoms with E-state index in [4.69, 9.17) is 10.00 Å². The summed E-state index contributed by atoms with van der Waals surface area (Å²) in [6, 6.07) is 2.17. The first kappa shape index (κ1) is 11.0. The summed E-state index contributed by atoms with van der Waals surface area (Å²) in [6.07, 6.45) is 5.52. The minimum absolute atomic E-state index is 0.315. The van der Waals surface area contributed by atoms with Crippen molar-refractivity contribution in [3.05, 3.63) is 0 Å². The fourth-order valence-electron chi connectivity index (χ4n) is 1.96. The molecule has 78 valence electrons. The molecule has 1 aliphatic carbocycles. The van der Waals surface area contributed by atoms with E-state index in [1.165, 1.54) is 0 Å². The lowest BCUT2D eigenvalue weighted by atomic mass is 9.82. The van der Waals surface area contributed by atoms with Gasteiger partial charge < -0.3 is 4.74 Å². The van der Waals surface area contributed by atoms with Gasteiger partial charge in [-0.15, -0.1) is 0 Å². The van der Waals surface area contributed by atoms with Gasteiger partial charge in [0.2, 0.25) is 0 Å². The minimum atomic E-state index is -0.841. The third kappa shape index (κ3) is 2.25. The zero-order valence-electron chi connectivity index (χ0n) is 8.71. The molecule has 3 heteroatoms. The molecule has 0 bridgehead atoms. The van der Waals surface area contributed by atoms with Gasteiger partial charge in [-0.1, -0.05) is 25.7 Å². The van der Waals surface area contributed by atoms with Crippen LogP contribution in [0.4, 0.5) is 0 Å². The van der Waals surface area contributed by atoms with Crippen LogP contribution in [0, 0.1) is 16.7 Å². The predicted octanol–water partition coefficient (Wildman–Crippen LogP) is 2.41. The molecule has 14 heavy (non-hydrogen) atoms. The number of nitriles is 1. The molecule has 0 unspecified atom stereocenters. The Morgan fingerprint density at radius 3 is 2.36 bits per heavy atom. The van der Waals surface area contributed by atoms with Gasteiger partial charge in [0.25, 0.3) is 0 Å². The number of hydrogen-bond acceptors (Lipinski definition) is 3. The molecule has 0 N–H and O–H groups in total. The molecule has 3 nitrogen and oxygen atoms in total. The highest BCUT2D eigenvalue weighted by atomic mass is 16.5. The predicted molar refractivity (Wildman–Crippen MR) is 52.4 cm³/mol. The van der Waals surface area contributed by atoms with Gasteiger partial charge in [-0.3, -0.25) is 4.79 Å². The molecule has 0 aliphatic heterocycles. The van der Waals surface area contributed by atoms with E-state index < -0.39 is 5.41 Å². The van der Waals surface area contributed by atoms with E-state index in [1.807, 2.05) is 0 Å². The number of esters is 1. The van der Waals surface area contributed by atoms with Crippen molar-refractivity contribution in [3.8, 4) is 6.07 Å². The van der Waals surface area contributed by atoms with Crippen LogP contribution in [0.5, 0.6) is 0 Å². The van der Waals surface area contributed by atoms with Crippen molar-refractivity contribution in [3.63, 3.8) is 0 Å². The summed E-state index contributed by atoms with van der Waals surface area (Å²) in [5.74, 6) is -0.315. The summed E-state index contributed by atoms with van der Waals surface area (Å²) < 4.78 is 4.97. The first-order valence-electron chi connectivity index (χ1n) is 5.33. The topological polar surface area (TPSA) is 50.1 Å². The lowest BCUT2D eigenvalue weighted by molar-refractivity contribution is -0.152. The molecule has 1 aliphatic rings. The van der Waals surface area contributed by atoms with Crippen LogP contribution in [0.15, 0.2) is 0 Å².